The zero-order valence-electron chi connectivity index (χ0n) is 10.9. The van der Waals surface area contributed by atoms with Crippen molar-refractivity contribution in [3.8, 4) is 0 Å². The highest BCUT2D eigenvalue weighted by molar-refractivity contribution is 6.32. The monoisotopic (exact) mass is 291 g/mol. The molecule has 0 spiro atoms. The Morgan fingerprint density at radius 2 is 1.79 bits per heavy atom. The van der Waals surface area contributed by atoms with Crippen LogP contribution in [0.15, 0.2) is 12.1 Å². The highest BCUT2D eigenvalue weighted by Gasteiger charge is 2.34. The first kappa shape index (κ1) is 14.7. The molecule has 0 bridgehead atoms. The minimum Gasteiger partial charge on any atom is -0.299 e. The van der Waals surface area contributed by atoms with E-state index in [1.807, 2.05) is 0 Å². The molecule has 1 aromatic rings. The van der Waals surface area contributed by atoms with Crippen molar-refractivity contribution in [1.29, 1.82) is 0 Å². The van der Waals surface area contributed by atoms with E-state index in [-0.39, 0.29) is 5.02 Å². The maximum absolute atomic E-state index is 12.9. The van der Waals surface area contributed by atoms with Gasteiger partial charge in [0.25, 0.3) is 0 Å². The lowest BCUT2D eigenvalue weighted by Gasteiger charge is -2.27. The molecule has 1 aromatic carbocycles. The number of hydrogen-bond acceptors (Lipinski definition) is 1. The van der Waals surface area contributed by atoms with Crippen LogP contribution >= 0.6 is 11.6 Å². The third-order valence-corrected chi connectivity index (χ3v) is 3.89. The van der Waals surface area contributed by atoms with Crippen LogP contribution in [0.1, 0.15) is 36.0 Å². The Hall–Kier alpha value is -0.740. The molecular formula is C14H17ClF3N. The standard InChI is InChI=1S/C14H17ClF3N/c1-10-7-11(9-19-5-3-2-4-6-19)13(15)12(8-10)14(16,17)18/h7-8H,2-6,9H2,1H3. The van der Waals surface area contributed by atoms with Crippen LogP contribution in [0, 0.1) is 6.92 Å². The number of halogens is 4. The van der Waals surface area contributed by atoms with Crippen molar-refractivity contribution >= 4 is 11.6 Å². The van der Waals surface area contributed by atoms with E-state index in [2.05, 4.69) is 4.90 Å². The number of nitrogens with zero attached hydrogens (tertiary/aromatic N) is 1. The molecule has 1 aliphatic rings. The van der Waals surface area contributed by atoms with E-state index in [0.29, 0.717) is 17.7 Å². The third-order valence-electron chi connectivity index (χ3n) is 3.44. The Balaban J connectivity index is 2.27. The Labute approximate surface area is 116 Å². The van der Waals surface area contributed by atoms with Gasteiger partial charge in [-0.2, -0.15) is 13.2 Å². The first-order chi connectivity index (χ1) is 8.88. The van der Waals surface area contributed by atoms with Crippen LogP contribution in [0.4, 0.5) is 13.2 Å². The molecule has 1 aliphatic heterocycles. The van der Waals surface area contributed by atoms with Gasteiger partial charge in [0, 0.05) is 6.54 Å². The SMILES string of the molecule is Cc1cc(CN2CCCCC2)c(Cl)c(C(F)(F)F)c1. The summed E-state index contributed by atoms with van der Waals surface area (Å²) in [6.07, 6.45) is -0.975. The minimum atomic E-state index is -4.39. The van der Waals surface area contributed by atoms with Gasteiger partial charge in [-0.3, -0.25) is 4.90 Å². The summed E-state index contributed by atoms with van der Waals surface area (Å²) in [6, 6.07) is 2.87. The summed E-state index contributed by atoms with van der Waals surface area (Å²) in [6.45, 7) is 4.05. The van der Waals surface area contributed by atoms with Crippen LogP contribution in [0.25, 0.3) is 0 Å². The fraction of sp³-hybridized carbons (Fsp3) is 0.571. The molecular weight excluding hydrogens is 275 g/mol. The molecule has 0 saturated carbocycles. The van der Waals surface area contributed by atoms with E-state index in [1.54, 1.807) is 13.0 Å². The first-order valence-electron chi connectivity index (χ1n) is 6.46. The van der Waals surface area contributed by atoms with Crippen molar-refractivity contribution < 1.29 is 13.2 Å². The van der Waals surface area contributed by atoms with Gasteiger partial charge in [0.15, 0.2) is 0 Å². The molecule has 0 radical (unpaired) electrons. The van der Waals surface area contributed by atoms with E-state index in [1.165, 1.54) is 6.42 Å². The zero-order chi connectivity index (χ0) is 14.0. The van der Waals surface area contributed by atoms with Crippen molar-refractivity contribution in [1.82, 2.24) is 4.90 Å². The largest absolute Gasteiger partial charge is 0.417 e. The fourth-order valence-electron chi connectivity index (χ4n) is 2.52. The number of benzene rings is 1. The highest BCUT2D eigenvalue weighted by atomic mass is 35.5. The van der Waals surface area contributed by atoms with Crippen molar-refractivity contribution in [2.24, 2.45) is 0 Å². The second-order valence-corrected chi connectivity index (χ2v) is 5.50. The van der Waals surface area contributed by atoms with Gasteiger partial charge in [-0.25, -0.2) is 0 Å². The van der Waals surface area contributed by atoms with Gasteiger partial charge in [0.2, 0.25) is 0 Å². The first-order valence-corrected chi connectivity index (χ1v) is 6.84. The quantitative estimate of drug-likeness (QED) is 0.766. The highest BCUT2D eigenvalue weighted by Crippen LogP contribution is 2.37. The summed E-state index contributed by atoms with van der Waals surface area (Å²) in [5.41, 5.74) is 0.459. The fourth-order valence-corrected chi connectivity index (χ4v) is 2.80. The number of rotatable bonds is 2. The van der Waals surface area contributed by atoms with E-state index in [0.717, 1.165) is 32.0 Å². The lowest BCUT2D eigenvalue weighted by molar-refractivity contribution is -0.137. The summed E-state index contributed by atoms with van der Waals surface area (Å²) in [4.78, 5) is 2.17. The second-order valence-electron chi connectivity index (χ2n) is 5.12. The maximum Gasteiger partial charge on any atom is 0.417 e. The molecule has 19 heavy (non-hydrogen) atoms. The average Bonchev–Trinajstić information content (AvgIpc) is 2.33. The molecule has 0 atom stereocenters. The van der Waals surface area contributed by atoms with Crippen molar-refractivity contribution in [2.75, 3.05) is 13.1 Å². The molecule has 1 fully saturated rings. The molecule has 1 nitrogen and oxygen atoms in total. The van der Waals surface area contributed by atoms with Gasteiger partial charge >= 0.3 is 6.18 Å². The predicted octanol–water partition coefficient (Wildman–Crippen LogP) is 4.65. The summed E-state index contributed by atoms with van der Waals surface area (Å²) >= 11 is 5.94. The lowest BCUT2D eigenvalue weighted by Crippen LogP contribution is -2.29. The number of alkyl halides is 3. The number of piperidine rings is 1. The van der Waals surface area contributed by atoms with E-state index < -0.39 is 11.7 Å². The number of aryl methyl sites for hydroxylation is 1. The van der Waals surface area contributed by atoms with Crippen molar-refractivity contribution in [3.05, 3.63) is 33.8 Å². The van der Waals surface area contributed by atoms with Crippen LogP contribution in [0.2, 0.25) is 5.02 Å². The van der Waals surface area contributed by atoms with Crippen molar-refractivity contribution in [3.63, 3.8) is 0 Å². The third kappa shape index (κ3) is 3.63. The van der Waals surface area contributed by atoms with E-state index >= 15 is 0 Å². The Morgan fingerprint density at radius 3 is 2.37 bits per heavy atom. The summed E-state index contributed by atoms with van der Waals surface area (Å²) in [5.74, 6) is 0. The zero-order valence-corrected chi connectivity index (χ0v) is 11.6. The van der Waals surface area contributed by atoms with Crippen LogP contribution in [0.3, 0.4) is 0 Å². The minimum absolute atomic E-state index is 0.149. The Morgan fingerprint density at radius 1 is 1.16 bits per heavy atom. The second kappa shape index (κ2) is 5.71. The number of hydrogen-bond donors (Lipinski definition) is 0. The Bertz CT molecular complexity index is 451. The smallest absolute Gasteiger partial charge is 0.299 e. The van der Waals surface area contributed by atoms with Crippen LogP contribution in [-0.4, -0.2) is 18.0 Å². The van der Waals surface area contributed by atoms with Gasteiger partial charge in [-0.05, 0) is 44.5 Å². The van der Waals surface area contributed by atoms with Gasteiger partial charge in [0.1, 0.15) is 0 Å². The molecule has 5 heteroatoms. The van der Waals surface area contributed by atoms with Crippen LogP contribution in [-0.2, 0) is 12.7 Å². The molecule has 106 valence electrons. The summed E-state index contributed by atoms with van der Waals surface area (Å²) in [7, 11) is 0. The topological polar surface area (TPSA) is 3.24 Å². The van der Waals surface area contributed by atoms with Crippen LogP contribution < -0.4 is 0 Å². The van der Waals surface area contributed by atoms with Gasteiger partial charge in [-0.15, -0.1) is 0 Å². The van der Waals surface area contributed by atoms with Gasteiger partial charge < -0.3 is 0 Å². The normalized spacial score (nSPS) is 17.7. The van der Waals surface area contributed by atoms with Gasteiger partial charge in [0.05, 0.1) is 10.6 Å². The molecule has 2 rings (SSSR count). The number of likely N-dealkylation sites (tertiary alicyclic amines) is 1. The molecule has 0 N–H and O–H groups in total. The molecule has 0 unspecified atom stereocenters. The average molecular weight is 292 g/mol. The van der Waals surface area contributed by atoms with Gasteiger partial charge in [-0.1, -0.05) is 29.7 Å². The van der Waals surface area contributed by atoms with E-state index in [9.17, 15) is 13.2 Å². The van der Waals surface area contributed by atoms with Crippen molar-refractivity contribution in [2.45, 2.75) is 38.9 Å². The Kier molecular flexibility index (Phi) is 4.41. The molecule has 1 saturated heterocycles. The molecule has 1 heterocycles. The predicted molar refractivity (Wildman–Crippen MR) is 70.3 cm³/mol. The maximum atomic E-state index is 12.9. The summed E-state index contributed by atoms with van der Waals surface area (Å²) in [5, 5.41) is -0.149. The van der Waals surface area contributed by atoms with Crippen LogP contribution in [0.5, 0.6) is 0 Å². The molecule has 0 aromatic heterocycles. The lowest BCUT2D eigenvalue weighted by atomic mass is 10.0. The molecule has 0 aliphatic carbocycles. The summed E-state index contributed by atoms with van der Waals surface area (Å²) < 4.78 is 38.7. The molecule has 0 amide bonds. The van der Waals surface area contributed by atoms with E-state index in [4.69, 9.17) is 11.6 Å².